The van der Waals surface area contributed by atoms with E-state index in [1.807, 2.05) is 38.1 Å². The Morgan fingerprint density at radius 1 is 1.37 bits per heavy atom. The van der Waals surface area contributed by atoms with E-state index in [1.54, 1.807) is 0 Å². The molecule has 1 aromatic carbocycles. The largest absolute Gasteiger partial charge is 0.492 e. The minimum absolute atomic E-state index is 0.525. The predicted octanol–water partition coefficient (Wildman–Crippen LogP) is 1.62. The highest BCUT2D eigenvalue weighted by molar-refractivity contribution is 5.28. The standard InChI is InChI=1S/C15H26N2O2/c1-4-17(12-15(2,3)18)8-9-19-14-7-5-6-13(10-14)11-16/h5-7,10,18H,4,8-9,11-12,16H2,1-3H3. The van der Waals surface area contributed by atoms with Gasteiger partial charge in [0.25, 0.3) is 0 Å². The topological polar surface area (TPSA) is 58.7 Å². The number of nitrogens with zero attached hydrogens (tertiary/aromatic N) is 1. The Morgan fingerprint density at radius 2 is 2.11 bits per heavy atom. The van der Waals surface area contributed by atoms with Crippen molar-refractivity contribution in [2.75, 3.05) is 26.2 Å². The van der Waals surface area contributed by atoms with Crippen LogP contribution in [0.3, 0.4) is 0 Å². The van der Waals surface area contributed by atoms with Gasteiger partial charge in [-0.05, 0) is 38.1 Å². The Kier molecular flexibility index (Phi) is 6.28. The molecule has 0 saturated heterocycles. The summed E-state index contributed by atoms with van der Waals surface area (Å²) in [5, 5.41) is 9.81. The monoisotopic (exact) mass is 266 g/mol. The van der Waals surface area contributed by atoms with Crippen LogP contribution in [0.2, 0.25) is 0 Å². The first-order chi connectivity index (χ1) is 8.94. The second-order valence-electron chi connectivity index (χ2n) is 5.38. The van der Waals surface area contributed by atoms with E-state index in [2.05, 4.69) is 11.8 Å². The van der Waals surface area contributed by atoms with E-state index in [0.29, 0.717) is 19.7 Å². The van der Waals surface area contributed by atoms with Gasteiger partial charge in [0.1, 0.15) is 12.4 Å². The molecular formula is C15H26N2O2. The lowest BCUT2D eigenvalue weighted by molar-refractivity contribution is 0.0340. The van der Waals surface area contributed by atoms with Gasteiger partial charge < -0.3 is 15.6 Å². The molecule has 0 atom stereocenters. The van der Waals surface area contributed by atoms with Crippen LogP contribution in [0.5, 0.6) is 5.75 Å². The van der Waals surface area contributed by atoms with Gasteiger partial charge in [0.05, 0.1) is 5.60 Å². The van der Waals surface area contributed by atoms with Crippen molar-refractivity contribution in [1.29, 1.82) is 0 Å². The molecule has 0 aliphatic carbocycles. The van der Waals surface area contributed by atoms with Gasteiger partial charge >= 0.3 is 0 Å². The van der Waals surface area contributed by atoms with E-state index in [-0.39, 0.29) is 0 Å². The van der Waals surface area contributed by atoms with Crippen LogP contribution < -0.4 is 10.5 Å². The summed E-state index contributed by atoms with van der Waals surface area (Å²) in [6.07, 6.45) is 0. The number of aliphatic hydroxyl groups is 1. The summed E-state index contributed by atoms with van der Waals surface area (Å²) in [7, 11) is 0. The van der Waals surface area contributed by atoms with Crippen molar-refractivity contribution < 1.29 is 9.84 Å². The Bertz CT molecular complexity index is 375. The fourth-order valence-corrected chi connectivity index (χ4v) is 1.95. The SMILES string of the molecule is CCN(CCOc1cccc(CN)c1)CC(C)(C)O. The first kappa shape index (κ1) is 16.0. The summed E-state index contributed by atoms with van der Waals surface area (Å²) in [4.78, 5) is 2.17. The van der Waals surface area contributed by atoms with E-state index < -0.39 is 5.60 Å². The van der Waals surface area contributed by atoms with Crippen LogP contribution in [0.25, 0.3) is 0 Å². The van der Waals surface area contributed by atoms with E-state index >= 15 is 0 Å². The lowest BCUT2D eigenvalue weighted by Crippen LogP contribution is -2.40. The van der Waals surface area contributed by atoms with Crippen LogP contribution in [-0.2, 0) is 6.54 Å². The number of nitrogens with two attached hydrogens (primary N) is 1. The molecule has 0 spiro atoms. The Hall–Kier alpha value is -1.10. The van der Waals surface area contributed by atoms with Gasteiger partial charge in [-0.2, -0.15) is 0 Å². The van der Waals surface area contributed by atoms with E-state index in [1.165, 1.54) is 0 Å². The van der Waals surface area contributed by atoms with E-state index in [4.69, 9.17) is 10.5 Å². The molecule has 1 rings (SSSR count). The fraction of sp³-hybridized carbons (Fsp3) is 0.600. The van der Waals surface area contributed by atoms with Crippen LogP contribution in [0.4, 0.5) is 0 Å². The highest BCUT2D eigenvalue weighted by Crippen LogP contribution is 2.13. The zero-order valence-corrected chi connectivity index (χ0v) is 12.2. The summed E-state index contributed by atoms with van der Waals surface area (Å²) in [6.45, 7) is 9.21. The number of hydrogen-bond acceptors (Lipinski definition) is 4. The third kappa shape index (κ3) is 6.57. The molecule has 19 heavy (non-hydrogen) atoms. The van der Waals surface area contributed by atoms with E-state index in [0.717, 1.165) is 24.4 Å². The summed E-state index contributed by atoms with van der Waals surface area (Å²) in [5.74, 6) is 0.849. The minimum Gasteiger partial charge on any atom is -0.492 e. The molecular weight excluding hydrogens is 240 g/mol. The summed E-state index contributed by atoms with van der Waals surface area (Å²) in [5.41, 5.74) is 5.99. The molecule has 0 aliphatic rings. The molecule has 0 aromatic heterocycles. The smallest absolute Gasteiger partial charge is 0.119 e. The van der Waals surface area contributed by atoms with Crippen molar-refractivity contribution in [3.8, 4) is 5.75 Å². The molecule has 108 valence electrons. The minimum atomic E-state index is -0.671. The first-order valence-corrected chi connectivity index (χ1v) is 6.81. The van der Waals surface area contributed by atoms with E-state index in [9.17, 15) is 5.11 Å². The quantitative estimate of drug-likeness (QED) is 0.750. The second kappa shape index (κ2) is 7.48. The molecule has 0 aliphatic heterocycles. The normalized spacial score (nSPS) is 11.9. The fourth-order valence-electron chi connectivity index (χ4n) is 1.95. The Balaban J connectivity index is 2.39. The Morgan fingerprint density at radius 3 is 2.68 bits per heavy atom. The predicted molar refractivity (Wildman–Crippen MR) is 78.2 cm³/mol. The van der Waals surface area contributed by atoms with Gasteiger partial charge in [-0.1, -0.05) is 19.1 Å². The van der Waals surface area contributed by atoms with Crippen LogP contribution in [0.1, 0.15) is 26.3 Å². The average Bonchev–Trinajstić information content (AvgIpc) is 2.36. The maximum Gasteiger partial charge on any atom is 0.119 e. The number of rotatable bonds is 8. The lowest BCUT2D eigenvalue weighted by atomic mass is 10.1. The van der Waals surface area contributed by atoms with Crippen molar-refractivity contribution in [3.05, 3.63) is 29.8 Å². The number of hydrogen-bond donors (Lipinski definition) is 2. The van der Waals surface area contributed by atoms with Gasteiger partial charge in [-0.15, -0.1) is 0 Å². The first-order valence-electron chi connectivity index (χ1n) is 6.81. The zero-order chi connectivity index (χ0) is 14.3. The molecule has 0 unspecified atom stereocenters. The zero-order valence-electron chi connectivity index (χ0n) is 12.2. The highest BCUT2D eigenvalue weighted by atomic mass is 16.5. The maximum absolute atomic E-state index is 9.81. The maximum atomic E-state index is 9.81. The van der Waals surface area contributed by atoms with Crippen LogP contribution >= 0.6 is 0 Å². The molecule has 0 radical (unpaired) electrons. The van der Waals surface area contributed by atoms with Gasteiger partial charge in [0.15, 0.2) is 0 Å². The summed E-state index contributed by atoms with van der Waals surface area (Å²) >= 11 is 0. The molecule has 0 heterocycles. The molecule has 3 N–H and O–H groups in total. The molecule has 0 bridgehead atoms. The number of likely N-dealkylation sites (N-methyl/N-ethyl adjacent to an activating group) is 1. The van der Waals surface area contributed by atoms with Crippen LogP contribution in [0, 0.1) is 0 Å². The highest BCUT2D eigenvalue weighted by Gasteiger charge is 2.16. The molecule has 0 fully saturated rings. The van der Waals surface area contributed by atoms with Crippen LogP contribution in [0.15, 0.2) is 24.3 Å². The molecule has 0 saturated carbocycles. The van der Waals surface area contributed by atoms with Crippen molar-refractivity contribution >= 4 is 0 Å². The van der Waals surface area contributed by atoms with Crippen molar-refractivity contribution in [3.63, 3.8) is 0 Å². The third-order valence-corrected chi connectivity index (χ3v) is 2.87. The van der Waals surface area contributed by atoms with Crippen molar-refractivity contribution in [2.24, 2.45) is 5.73 Å². The van der Waals surface area contributed by atoms with Gasteiger partial charge in [-0.25, -0.2) is 0 Å². The second-order valence-corrected chi connectivity index (χ2v) is 5.38. The van der Waals surface area contributed by atoms with Gasteiger partial charge in [0, 0.05) is 19.6 Å². The third-order valence-electron chi connectivity index (χ3n) is 2.87. The average molecular weight is 266 g/mol. The molecule has 0 amide bonds. The van der Waals surface area contributed by atoms with Gasteiger partial charge in [0.2, 0.25) is 0 Å². The van der Waals surface area contributed by atoms with Gasteiger partial charge in [-0.3, -0.25) is 4.90 Å². The molecule has 4 heteroatoms. The van der Waals surface area contributed by atoms with Crippen molar-refractivity contribution in [2.45, 2.75) is 32.9 Å². The van der Waals surface area contributed by atoms with Crippen LogP contribution in [-0.4, -0.2) is 41.8 Å². The Labute approximate surface area is 116 Å². The van der Waals surface area contributed by atoms with Crippen molar-refractivity contribution in [1.82, 2.24) is 4.90 Å². The number of ether oxygens (including phenoxy) is 1. The molecule has 1 aromatic rings. The summed E-state index contributed by atoms with van der Waals surface area (Å²) < 4.78 is 5.72. The lowest BCUT2D eigenvalue weighted by Gasteiger charge is -2.27. The number of benzene rings is 1. The molecule has 4 nitrogen and oxygen atoms in total. The summed E-state index contributed by atoms with van der Waals surface area (Å²) in [6, 6.07) is 7.84.